The molecular weight excluding hydrogens is 288 g/mol. The molecule has 1 N–H and O–H groups in total. The minimum atomic E-state index is -0.627. The number of carboxylic acid groups (broad SMARTS) is 1. The highest BCUT2D eigenvalue weighted by atomic mass is 16.5. The third kappa shape index (κ3) is 3.88. The number of carbonyl (C=O) groups is 1. The normalized spacial score (nSPS) is 21.1. The maximum Gasteiger partial charge on any atom is 0.306 e. The lowest BCUT2D eigenvalue weighted by molar-refractivity contribution is -0.138. The minimum absolute atomic E-state index is 0.113. The van der Waals surface area contributed by atoms with Crippen LogP contribution in [0.5, 0.6) is 5.75 Å². The largest absolute Gasteiger partial charge is 0.493 e. The van der Waals surface area contributed by atoms with E-state index < -0.39 is 5.97 Å². The van der Waals surface area contributed by atoms with E-state index in [0.29, 0.717) is 11.8 Å². The van der Waals surface area contributed by atoms with Gasteiger partial charge in [-0.05, 0) is 86.6 Å². The molecule has 3 unspecified atom stereocenters. The van der Waals surface area contributed by atoms with Crippen molar-refractivity contribution < 1.29 is 14.6 Å². The number of benzene rings is 1. The summed E-state index contributed by atoms with van der Waals surface area (Å²) in [6, 6.07) is 2.16. The first-order valence-corrected chi connectivity index (χ1v) is 8.86. The molecule has 3 nitrogen and oxygen atoms in total. The zero-order valence-corrected chi connectivity index (χ0v) is 15.1. The monoisotopic (exact) mass is 318 g/mol. The van der Waals surface area contributed by atoms with Crippen LogP contribution in [0.15, 0.2) is 6.07 Å². The molecule has 0 bridgehead atoms. The second-order valence-corrected chi connectivity index (χ2v) is 6.99. The van der Waals surface area contributed by atoms with E-state index >= 15 is 0 Å². The van der Waals surface area contributed by atoms with Crippen molar-refractivity contribution in [2.75, 3.05) is 6.61 Å². The molecule has 0 amide bonds. The Labute approximate surface area is 140 Å². The number of hydrogen-bond donors (Lipinski definition) is 1. The molecule has 3 atom stereocenters. The minimum Gasteiger partial charge on any atom is -0.493 e. The van der Waals surface area contributed by atoms with E-state index in [4.69, 9.17) is 9.84 Å². The second kappa shape index (κ2) is 7.37. The van der Waals surface area contributed by atoms with Crippen LogP contribution < -0.4 is 4.74 Å². The van der Waals surface area contributed by atoms with Crippen molar-refractivity contribution in [2.24, 2.45) is 11.8 Å². The Kier molecular flexibility index (Phi) is 5.72. The van der Waals surface area contributed by atoms with Crippen LogP contribution >= 0.6 is 0 Å². The highest BCUT2D eigenvalue weighted by Crippen LogP contribution is 2.47. The topological polar surface area (TPSA) is 46.5 Å². The maximum absolute atomic E-state index is 11.1. The second-order valence-electron chi connectivity index (χ2n) is 6.99. The summed E-state index contributed by atoms with van der Waals surface area (Å²) in [6.07, 6.45) is 3.90. The van der Waals surface area contributed by atoms with Gasteiger partial charge in [0.2, 0.25) is 0 Å². The van der Waals surface area contributed by atoms with Gasteiger partial charge in [0.15, 0.2) is 0 Å². The Morgan fingerprint density at radius 3 is 2.52 bits per heavy atom. The molecule has 0 heterocycles. The van der Waals surface area contributed by atoms with E-state index in [2.05, 4.69) is 40.7 Å². The first-order valence-electron chi connectivity index (χ1n) is 8.86. The SMILES string of the molecule is CCCOc1cc(C)c(C(CC)CC2CC2C(=O)O)c(C)c1C. The van der Waals surface area contributed by atoms with Gasteiger partial charge < -0.3 is 9.84 Å². The van der Waals surface area contributed by atoms with E-state index in [1.165, 1.54) is 22.3 Å². The number of ether oxygens (including phenoxy) is 1. The third-order valence-electron chi connectivity index (χ3n) is 5.30. The Bertz CT molecular complexity index is 577. The average Bonchev–Trinajstić information content (AvgIpc) is 3.28. The summed E-state index contributed by atoms with van der Waals surface area (Å²) >= 11 is 0. The van der Waals surface area contributed by atoms with Crippen molar-refractivity contribution >= 4 is 5.97 Å². The van der Waals surface area contributed by atoms with Gasteiger partial charge in [0.25, 0.3) is 0 Å². The molecule has 1 saturated carbocycles. The van der Waals surface area contributed by atoms with Crippen molar-refractivity contribution in [3.05, 3.63) is 28.3 Å². The molecule has 1 aliphatic rings. The van der Waals surface area contributed by atoms with Crippen LogP contribution in [-0.2, 0) is 4.79 Å². The number of carboxylic acids is 1. The molecule has 128 valence electrons. The van der Waals surface area contributed by atoms with E-state index in [-0.39, 0.29) is 5.92 Å². The molecule has 2 rings (SSSR count). The number of aliphatic carboxylic acids is 1. The highest BCUT2D eigenvalue weighted by molar-refractivity contribution is 5.73. The summed E-state index contributed by atoms with van der Waals surface area (Å²) < 4.78 is 5.88. The fourth-order valence-electron chi connectivity index (χ4n) is 3.72. The van der Waals surface area contributed by atoms with Crippen LogP contribution in [0.4, 0.5) is 0 Å². The van der Waals surface area contributed by atoms with Crippen molar-refractivity contribution in [1.82, 2.24) is 0 Å². The molecular formula is C20H30O3. The average molecular weight is 318 g/mol. The standard InChI is InChI=1S/C20H30O3/c1-6-8-23-18-9-12(3)19(14(5)13(18)4)15(7-2)10-16-11-17(16)20(21)22/h9,15-17H,6-8,10-11H2,1-5H3,(H,21,22). The molecule has 0 radical (unpaired) electrons. The van der Waals surface area contributed by atoms with E-state index in [1.807, 2.05) is 0 Å². The van der Waals surface area contributed by atoms with Crippen molar-refractivity contribution in [3.63, 3.8) is 0 Å². The van der Waals surface area contributed by atoms with Crippen LogP contribution in [0.3, 0.4) is 0 Å². The lowest BCUT2D eigenvalue weighted by Crippen LogP contribution is -2.09. The smallest absolute Gasteiger partial charge is 0.306 e. The van der Waals surface area contributed by atoms with Crippen LogP contribution in [0.1, 0.15) is 67.7 Å². The molecule has 1 aromatic rings. The quantitative estimate of drug-likeness (QED) is 0.733. The lowest BCUT2D eigenvalue weighted by atomic mass is 9.83. The lowest BCUT2D eigenvalue weighted by Gasteiger charge is -2.23. The van der Waals surface area contributed by atoms with Gasteiger partial charge in [-0.2, -0.15) is 0 Å². The maximum atomic E-state index is 11.1. The van der Waals surface area contributed by atoms with Crippen LogP contribution in [0, 0.1) is 32.6 Å². The predicted molar refractivity (Wildman–Crippen MR) is 93.3 cm³/mol. The molecule has 1 aromatic carbocycles. The first-order chi connectivity index (χ1) is 10.9. The van der Waals surface area contributed by atoms with E-state index in [9.17, 15) is 4.79 Å². The number of hydrogen-bond acceptors (Lipinski definition) is 2. The first kappa shape index (κ1) is 17.8. The van der Waals surface area contributed by atoms with Crippen LogP contribution in [-0.4, -0.2) is 17.7 Å². The van der Waals surface area contributed by atoms with Gasteiger partial charge in [0.05, 0.1) is 12.5 Å². The summed E-state index contributed by atoms with van der Waals surface area (Å²) in [4.78, 5) is 11.1. The van der Waals surface area contributed by atoms with Gasteiger partial charge in [-0.1, -0.05) is 13.8 Å². The zero-order valence-electron chi connectivity index (χ0n) is 15.1. The predicted octanol–water partition coefficient (Wildman–Crippen LogP) is 5.01. The number of aryl methyl sites for hydroxylation is 1. The molecule has 0 spiro atoms. The molecule has 1 aliphatic carbocycles. The van der Waals surface area contributed by atoms with E-state index in [1.54, 1.807) is 0 Å². The summed E-state index contributed by atoms with van der Waals surface area (Å²) in [5, 5.41) is 9.14. The van der Waals surface area contributed by atoms with Crippen molar-refractivity contribution in [2.45, 2.75) is 66.2 Å². The Morgan fingerprint density at radius 1 is 1.30 bits per heavy atom. The summed E-state index contributed by atoms with van der Waals surface area (Å²) in [5.74, 6) is 1.06. The van der Waals surface area contributed by atoms with Crippen molar-refractivity contribution in [1.29, 1.82) is 0 Å². The number of rotatable bonds is 8. The molecule has 0 aliphatic heterocycles. The van der Waals surface area contributed by atoms with Crippen LogP contribution in [0.2, 0.25) is 0 Å². The zero-order chi connectivity index (χ0) is 17.1. The fourth-order valence-corrected chi connectivity index (χ4v) is 3.72. The third-order valence-corrected chi connectivity index (χ3v) is 5.30. The highest BCUT2D eigenvalue weighted by Gasteiger charge is 2.44. The van der Waals surface area contributed by atoms with Crippen molar-refractivity contribution in [3.8, 4) is 5.75 Å². The van der Waals surface area contributed by atoms with E-state index in [0.717, 1.165) is 38.0 Å². The van der Waals surface area contributed by atoms with Gasteiger partial charge >= 0.3 is 5.97 Å². The molecule has 3 heteroatoms. The molecule has 0 saturated heterocycles. The fraction of sp³-hybridized carbons (Fsp3) is 0.650. The Hall–Kier alpha value is -1.51. The van der Waals surface area contributed by atoms with Gasteiger partial charge in [-0.3, -0.25) is 4.79 Å². The van der Waals surface area contributed by atoms with Gasteiger partial charge in [-0.15, -0.1) is 0 Å². The summed E-state index contributed by atoms with van der Waals surface area (Å²) in [6.45, 7) is 11.5. The molecule has 1 fully saturated rings. The Balaban J connectivity index is 2.23. The van der Waals surface area contributed by atoms with Gasteiger partial charge in [0, 0.05) is 0 Å². The molecule has 0 aromatic heterocycles. The van der Waals surface area contributed by atoms with Crippen LogP contribution in [0.25, 0.3) is 0 Å². The Morgan fingerprint density at radius 2 is 2.00 bits per heavy atom. The summed E-state index contributed by atoms with van der Waals surface area (Å²) in [7, 11) is 0. The summed E-state index contributed by atoms with van der Waals surface area (Å²) in [5.41, 5.74) is 5.22. The van der Waals surface area contributed by atoms with Gasteiger partial charge in [-0.25, -0.2) is 0 Å². The van der Waals surface area contributed by atoms with Gasteiger partial charge in [0.1, 0.15) is 5.75 Å². The molecule has 23 heavy (non-hydrogen) atoms.